The fraction of sp³-hybridized carbons (Fsp3) is 0.667. The Morgan fingerprint density at radius 2 is 1.74 bits per heavy atom. The van der Waals surface area contributed by atoms with Crippen molar-refractivity contribution in [3.63, 3.8) is 0 Å². The van der Waals surface area contributed by atoms with Crippen molar-refractivity contribution >= 4 is 34.2 Å². The van der Waals surface area contributed by atoms with E-state index in [4.69, 9.17) is 19.5 Å². The summed E-state index contributed by atoms with van der Waals surface area (Å²) in [6, 6.07) is -0.126. The number of aromatic amines is 1. The monoisotopic (exact) mass is 906 g/mol. The van der Waals surface area contributed by atoms with Crippen LogP contribution in [0, 0.1) is 0 Å². The summed E-state index contributed by atoms with van der Waals surface area (Å²) in [5, 5.41) is 8.43. The molecule has 2 fully saturated rings. The van der Waals surface area contributed by atoms with Gasteiger partial charge >= 0.3 is 138 Å². The summed E-state index contributed by atoms with van der Waals surface area (Å²) in [4.78, 5) is 50.8. The Hall–Kier alpha value is 1.29. The van der Waals surface area contributed by atoms with Gasteiger partial charge in [0.05, 0.1) is 41.7 Å². The van der Waals surface area contributed by atoms with Crippen LogP contribution >= 0.6 is 15.9 Å². The fourth-order valence-corrected chi connectivity index (χ4v) is 5.61. The summed E-state index contributed by atoms with van der Waals surface area (Å²) in [6.07, 6.45) is 7.79. The van der Waals surface area contributed by atoms with Gasteiger partial charge in [0, 0.05) is 52.4 Å². The van der Waals surface area contributed by atoms with Crippen LogP contribution in [0.25, 0.3) is 0 Å². The molecule has 0 saturated carbocycles. The van der Waals surface area contributed by atoms with Crippen LogP contribution in [0.15, 0.2) is 12.4 Å². The van der Waals surface area contributed by atoms with E-state index >= 15 is 0 Å². The molecule has 3 aliphatic heterocycles. The van der Waals surface area contributed by atoms with Gasteiger partial charge in [-0.2, -0.15) is 0 Å². The van der Waals surface area contributed by atoms with E-state index in [1.54, 1.807) is 16.8 Å². The predicted octanol–water partition coefficient (Wildman–Crippen LogP) is -4.09. The Labute approximate surface area is 380 Å². The third-order valence-corrected chi connectivity index (χ3v) is 7.82. The van der Waals surface area contributed by atoms with E-state index in [0.717, 1.165) is 75.1 Å². The molecule has 2 amide bonds. The average molecular weight is 907 g/mol. The Balaban J connectivity index is 0.000000707. The van der Waals surface area contributed by atoms with Crippen LogP contribution in [0.4, 0.5) is 0 Å². The number of likely N-dealkylation sites (N-methyl/N-ethyl adjacent to an activating group) is 1. The van der Waals surface area contributed by atoms with Crippen molar-refractivity contribution in [1.29, 1.82) is 0 Å². The molecule has 5 heterocycles. The Morgan fingerprint density at radius 3 is 2.28 bits per heavy atom. The van der Waals surface area contributed by atoms with E-state index in [2.05, 4.69) is 40.3 Å². The maximum Gasteiger partial charge on any atom is 1.00 e. The number of rotatable bonds is 6. The number of carbonyl (C=O) groups is 3. The molecule has 2 aromatic rings. The SMILES string of the molecule is CC(Br)C(=O)N(C)Cc1cnc(C2CCOCC2)[nH]1.CC1C(=O)N(C)Cc2cnc(C3CCOCC3)n21.O=CO[O-].[Cs+].[Cs+].[H-]. The molecule has 230 valence electrons. The van der Waals surface area contributed by atoms with Crippen LogP contribution in [0.1, 0.15) is 81.9 Å². The number of fused-ring (bicyclic) bond motifs is 1. The number of hydrogen-bond donors (Lipinski definition) is 1. The van der Waals surface area contributed by atoms with Crippen molar-refractivity contribution in [3.05, 3.63) is 35.4 Å². The van der Waals surface area contributed by atoms with E-state index in [1.165, 1.54) is 0 Å². The number of aromatic nitrogens is 4. The van der Waals surface area contributed by atoms with Crippen molar-refractivity contribution in [2.45, 2.75) is 75.3 Å². The standard InChI is InChI=1S/C13H20BrN3O2.C13H19N3O2.CH2O3.2Cs.H/c1-9(14)13(18)17(2)8-11-7-15-12(16-11)10-3-5-19-6-4-10;1-9-13(17)15(2)8-11-7-14-12(16(9)11)10-3-5-18-6-4-10;2-1-4-3;;;/h7,9-10H,3-6,8H2,1-2H3,(H,15,16);7,9-10H,3-6,8H2,1-2H3;1,3H;;;/q;;;2*+1;-1/p-1. The molecular formula is C27H41BrCs2N6O7. The molecule has 16 heteroatoms. The van der Waals surface area contributed by atoms with Crippen molar-refractivity contribution in [2.24, 2.45) is 0 Å². The largest absolute Gasteiger partial charge is 1.00 e. The van der Waals surface area contributed by atoms with Gasteiger partial charge in [0.1, 0.15) is 17.7 Å². The van der Waals surface area contributed by atoms with Gasteiger partial charge in [-0.05, 0) is 39.5 Å². The zero-order valence-electron chi connectivity index (χ0n) is 27.1. The van der Waals surface area contributed by atoms with Crippen LogP contribution < -0.4 is 143 Å². The van der Waals surface area contributed by atoms with Gasteiger partial charge in [0.15, 0.2) is 0 Å². The maximum absolute atomic E-state index is 12.1. The quantitative estimate of drug-likeness (QED) is 0.132. The second kappa shape index (κ2) is 22.0. The second-order valence-corrected chi connectivity index (χ2v) is 11.8. The molecule has 3 aliphatic rings. The van der Waals surface area contributed by atoms with Crippen molar-refractivity contribution in [1.82, 2.24) is 29.3 Å². The van der Waals surface area contributed by atoms with Crippen molar-refractivity contribution < 1.29 is 173 Å². The maximum atomic E-state index is 12.1. The Kier molecular flexibility index (Phi) is 21.7. The van der Waals surface area contributed by atoms with Crippen molar-refractivity contribution in [3.8, 4) is 0 Å². The first kappa shape index (κ1) is 42.3. The van der Waals surface area contributed by atoms with Crippen LogP contribution in [0.2, 0.25) is 0 Å². The molecule has 2 saturated heterocycles. The molecule has 5 rings (SSSR count). The minimum absolute atomic E-state index is 0. The molecule has 2 atom stereocenters. The number of nitrogens with one attached hydrogen (secondary N) is 1. The molecule has 0 aliphatic carbocycles. The number of imidazole rings is 2. The average Bonchev–Trinajstić information content (AvgIpc) is 3.64. The topological polar surface area (TPSA) is 155 Å². The molecule has 2 unspecified atom stereocenters. The first-order valence-corrected chi connectivity index (χ1v) is 14.7. The molecule has 13 nitrogen and oxygen atoms in total. The summed E-state index contributed by atoms with van der Waals surface area (Å²) in [7, 11) is 3.65. The van der Waals surface area contributed by atoms with E-state index < -0.39 is 0 Å². The number of alkyl halides is 1. The summed E-state index contributed by atoms with van der Waals surface area (Å²) in [5.74, 6) is 3.23. The van der Waals surface area contributed by atoms with Crippen LogP contribution in [0.3, 0.4) is 0 Å². The van der Waals surface area contributed by atoms with Gasteiger partial charge in [-0.1, -0.05) is 15.9 Å². The number of H-pyrrole nitrogens is 1. The first-order valence-electron chi connectivity index (χ1n) is 13.8. The molecule has 1 N–H and O–H groups in total. The molecular weight excluding hydrogens is 866 g/mol. The second-order valence-electron chi connectivity index (χ2n) is 10.4. The molecule has 0 radical (unpaired) electrons. The van der Waals surface area contributed by atoms with Gasteiger partial charge in [-0.15, -0.1) is 0 Å². The number of hydrogen-bond acceptors (Lipinski definition) is 9. The predicted molar refractivity (Wildman–Crippen MR) is 151 cm³/mol. The van der Waals surface area contributed by atoms with Crippen LogP contribution in [-0.4, -0.2) is 93.0 Å². The van der Waals surface area contributed by atoms with Crippen LogP contribution in [-0.2, 0) is 41.8 Å². The summed E-state index contributed by atoms with van der Waals surface area (Å²) in [6.45, 7) is 8.06. The van der Waals surface area contributed by atoms with E-state index in [1.807, 2.05) is 33.3 Å². The van der Waals surface area contributed by atoms with Gasteiger partial charge in [0.2, 0.25) is 11.8 Å². The number of halogens is 1. The van der Waals surface area contributed by atoms with Gasteiger partial charge in [-0.3, -0.25) is 14.4 Å². The van der Waals surface area contributed by atoms with Gasteiger partial charge in [0.25, 0.3) is 6.47 Å². The number of ether oxygens (including phenoxy) is 2. The van der Waals surface area contributed by atoms with Gasteiger partial charge < -0.3 is 40.4 Å². The Bertz CT molecular complexity index is 1150. The summed E-state index contributed by atoms with van der Waals surface area (Å²) >= 11 is 3.29. The van der Waals surface area contributed by atoms with E-state index in [-0.39, 0.29) is 168 Å². The molecule has 0 aromatic carbocycles. The molecule has 0 spiro atoms. The number of carbonyl (C=O) groups excluding carboxylic acids is 3. The van der Waals surface area contributed by atoms with E-state index in [0.29, 0.717) is 24.9 Å². The van der Waals surface area contributed by atoms with E-state index in [9.17, 15) is 9.59 Å². The number of amides is 2. The number of nitrogens with zero attached hydrogens (tertiary/aromatic N) is 5. The minimum atomic E-state index is -0.181. The van der Waals surface area contributed by atoms with Crippen LogP contribution in [0.5, 0.6) is 0 Å². The zero-order chi connectivity index (χ0) is 29.9. The summed E-state index contributed by atoms with van der Waals surface area (Å²) in [5.41, 5.74) is 2.12. The third kappa shape index (κ3) is 12.7. The zero-order valence-corrected chi connectivity index (χ0v) is 40.2. The van der Waals surface area contributed by atoms with Gasteiger partial charge in [-0.25, -0.2) is 9.97 Å². The molecule has 2 aromatic heterocycles. The third-order valence-electron chi connectivity index (χ3n) is 7.43. The van der Waals surface area contributed by atoms with Crippen molar-refractivity contribution in [2.75, 3.05) is 40.5 Å². The minimum Gasteiger partial charge on any atom is -1.00 e. The normalized spacial score (nSPS) is 19.2. The smallest absolute Gasteiger partial charge is 1.00 e. The first-order chi connectivity index (χ1) is 19.7. The Morgan fingerprint density at radius 1 is 1.19 bits per heavy atom. The summed E-state index contributed by atoms with van der Waals surface area (Å²) < 4.78 is 12.9. The molecule has 0 bridgehead atoms. The fourth-order valence-electron chi connectivity index (χ4n) is 5.26. The molecule has 43 heavy (non-hydrogen) atoms.